The highest BCUT2D eigenvalue weighted by atomic mass is 16.6. The van der Waals surface area contributed by atoms with Gasteiger partial charge >= 0.3 is 5.82 Å². The number of carbonyl (C=O) groups excluding carboxylic acids is 1. The highest BCUT2D eigenvalue weighted by molar-refractivity contribution is 5.94. The van der Waals surface area contributed by atoms with E-state index in [1.54, 1.807) is 11.8 Å². The van der Waals surface area contributed by atoms with Gasteiger partial charge in [-0.2, -0.15) is 0 Å². The molecule has 0 N–H and O–H groups in total. The Hall–Kier alpha value is -2.74. The molecule has 1 aromatic carbocycles. The molecule has 126 valence electrons. The fourth-order valence-electron chi connectivity index (χ4n) is 2.90. The minimum atomic E-state index is -0.551. The molecule has 0 aliphatic carbocycles. The molecule has 0 radical (unpaired) electrons. The Labute approximate surface area is 139 Å². The van der Waals surface area contributed by atoms with E-state index in [-0.39, 0.29) is 18.3 Å². The van der Waals surface area contributed by atoms with Gasteiger partial charge in [-0.3, -0.25) is 9.36 Å². The summed E-state index contributed by atoms with van der Waals surface area (Å²) >= 11 is 0. The first-order valence-electron chi connectivity index (χ1n) is 7.70. The summed E-state index contributed by atoms with van der Waals surface area (Å²) < 4.78 is 1.53. The predicted molar refractivity (Wildman–Crippen MR) is 88.7 cm³/mol. The normalized spacial score (nSPS) is 15.0. The molecule has 1 aliphatic rings. The number of rotatable bonds is 3. The van der Waals surface area contributed by atoms with Crippen molar-refractivity contribution in [2.45, 2.75) is 20.0 Å². The smallest absolute Gasteiger partial charge is 0.358 e. The molecule has 8 heteroatoms. The van der Waals surface area contributed by atoms with Crippen LogP contribution in [0.25, 0.3) is 0 Å². The fourth-order valence-corrected chi connectivity index (χ4v) is 2.90. The van der Waals surface area contributed by atoms with Crippen LogP contribution >= 0.6 is 0 Å². The zero-order valence-corrected chi connectivity index (χ0v) is 13.7. The van der Waals surface area contributed by atoms with Crippen molar-refractivity contribution < 1.29 is 9.72 Å². The van der Waals surface area contributed by atoms with Crippen LogP contribution in [0.1, 0.15) is 11.4 Å². The van der Waals surface area contributed by atoms with Gasteiger partial charge in [0.25, 0.3) is 0 Å². The first kappa shape index (κ1) is 16.1. The molecule has 0 fully saturated rings. The van der Waals surface area contributed by atoms with Gasteiger partial charge in [0.1, 0.15) is 12.7 Å². The van der Waals surface area contributed by atoms with Crippen LogP contribution in [0, 0.1) is 17.0 Å². The zero-order chi connectivity index (χ0) is 17.3. The SMILES string of the molecule is Cc1nc([N+](=O)[O-])cn1CC(=O)N1CCN(C)Cc2ccccc21. The van der Waals surface area contributed by atoms with Crippen LogP contribution < -0.4 is 4.90 Å². The van der Waals surface area contributed by atoms with Crippen LogP contribution in [-0.2, 0) is 17.9 Å². The number of nitrogens with zero attached hydrogens (tertiary/aromatic N) is 5. The number of hydrogen-bond acceptors (Lipinski definition) is 5. The number of aromatic nitrogens is 2. The third-order valence-corrected chi connectivity index (χ3v) is 4.19. The Morgan fingerprint density at radius 1 is 1.33 bits per heavy atom. The van der Waals surface area contributed by atoms with Crippen molar-refractivity contribution in [3.63, 3.8) is 0 Å². The highest BCUT2D eigenvalue weighted by Gasteiger charge is 2.24. The van der Waals surface area contributed by atoms with Crippen molar-refractivity contribution in [3.8, 4) is 0 Å². The second-order valence-corrected chi connectivity index (χ2v) is 5.94. The molecule has 1 amide bonds. The molecule has 3 rings (SSSR count). The average Bonchev–Trinajstić information content (AvgIpc) is 2.81. The fraction of sp³-hybridized carbons (Fsp3) is 0.375. The molecule has 8 nitrogen and oxygen atoms in total. The standard InChI is InChI=1S/C16H19N5O3/c1-12-17-15(21(23)24)10-19(12)11-16(22)20-8-7-18(2)9-13-5-3-4-6-14(13)20/h3-6,10H,7-9,11H2,1-2H3. The van der Waals surface area contributed by atoms with Crippen molar-refractivity contribution in [2.75, 3.05) is 25.0 Å². The number of amides is 1. The Bertz CT molecular complexity index is 786. The zero-order valence-electron chi connectivity index (χ0n) is 13.7. The summed E-state index contributed by atoms with van der Waals surface area (Å²) in [7, 11) is 2.02. The minimum absolute atomic E-state index is 0.0325. The molecule has 2 heterocycles. The predicted octanol–water partition coefficient (Wildman–Crippen LogP) is 1.58. The monoisotopic (exact) mass is 329 g/mol. The van der Waals surface area contributed by atoms with Crippen LogP contribution in [0.4, 0.5) is 11.5 Å². The van der Waals surface area contributed by atoms with E-state index in [0.717, 1.165) is 24.3 Å². The van der Waals surface area contributed by atoms with Crippen molar-refractivity contribution in [3.05, 3.63) is 52.0 Å². The van der Waals surface area contributed by atoms with Crippen LogP contribution in [0.3, 0.4) is 0 Å². The Kier molecular flexibility index (Phi) is 4.30. The van der Waals surface area contributed by atoms with Gasteiger partial charge < -0.3 is 19.9 Å². The molecule has 0 saturated heterocycles. The van der Waals surface area contributed by atoms with Crippen molar-refractivity contribution in [1.29, 1.82) is 0 Å². The lowest BCUT2D eigenvalue weighted by atomic mass is 10.1. The minimum Gasteiger partial charge on any atom is -0.358 e. The van der Waals surface area contributed by atoms with Crippen LogP contribution in [-0.4, -0.2) is 45.4 Å². The lowest BCUT2D eigenvalue weighted by Gasteiger charge is -2.22. The van der Waals surface area contributed by atoms with E-state index in [4.69, 9.17) is 0 Å². The van der Waals surface area contributed by atoms with Gasteiger partial charge in [-0.15, -0.1) is 0 Å². The molecule has 24 heavy (non-hydrogen) atoms. The number of nitro groups is 1. The maximum Gasteiger partial charge on any atom is 0.381 e. The van der Waals surface area contributed by atoms with E-state index in [0.29, 0.717) is 12.4 Å². The maximum absolute atomic E-state index is 12.8. The Morgan fingerprint density at radius 2 is 2.08 bits per heavy atom. The van der Waals surface area contributed by atoms with Gasteiger partial charge in [0.15, 0.2) is 0 Å². The summed E-state index contributed by atoms with van der Waals surface area (Å²) in [5.74, 6) is 0.111. The number of aryl methyl sites for hydroxylation is 1. The second kappa shape index (κ2) is 6.40. The van der Waals surface area contributed by atoms with Gasteiger partial charge in [0.05, 0.1) is 0 Å². The summed E-state index contributed by atoms with van der Waals surface area (Å²) in [5.41, 5.74) is 2.00. The van der Waals surface area contributed by atoms with E-state index >= 15 is 0 Å². The molecule has 0 unspecified atom stereocenters. The number of fused-ring (bicyclic) bond motifs is 1. The molecule has 0 saturated carbocycles. The van der Waals surface area contributed by atoms with E-state index in [1.807, 2.05) is 31.3 Å². The second-order valence-electron chi connectivity index (χ2n) is 5.94. The molecule has 0 spiro atoms. The first-order valence-corrected chi connectivity index (χ1v) is 7.70. The molecule has 0 atom stereocenters. The van der Waals surface area contributed by atoms with Crippen molar-refractivity contribution in [1.82, 2.24) is 14.5 Å². The van der Waals surface area contributed by atoms with Gasteiger partial charge in [-0.25, -0.2) is 0 Å². The molecule has 0 bridgehead atoms. The van der Waals surface area contributed by atoms with Crippen LogP contribution in [0.2, 0.25) is 0 Å². The lowest BCUT2D eigenvalue weighted by molar-refractivity contribution is -0.389. The van der Waals surface area contributed by atoms with Gasteiger partial charge in [0, 0.05) is 32.2 Å². The summed E-state index contributed by atoms with van der Waals surface area (Å²) in [6, 6.07) is 7.84. The average molecular weight is 329 g/mol. The number of benzene rings is 1. The summed E-state index contributed by atoms with van der Waals surface area (Å²) in [5, 5.41) is 10.8. The third kappa shape index (κ3) is 3.13. The summed E-state index contributed by atoms with van der Waals surface area (Å²) in [4.78, 5) is 30.9. The van der Waals surface area contributed by atoms with E-state index in [1.165, 1.54) is 10.8 Å². The van der Waals surface area contributed by atoms with E-state index < -0.39 is 4.92 Å². The van der Waals surface area contributed by atoms with E-state index in [9.17, 15) is 14.9 Å². The Morgan fingerprint density at radius 3 is 2.79 bits per heavy atom. The number of likely N-dealkylation sites (N-methyl/N-ethyl adjacent to an activating group) is 1. The molecular formula is C16H19N5O3. The molecule has 1 aliphatic heterocycles. The number of carbonyl (C=O) groups is 1. The molecular weight excluding hydrogens is 310 g/mol. The quantitative estimate of drug-likeness (QED) is 0.630. The number of imidazole rings is 1. The highest BCUT2D eigenvalue weighted by Crippen LogP contribution is 2.25. The van der Waals surface area contributed by atoms with Crippen LogP contribution in [0.15, 0.2) is 30.5 Å². The largest absolute Gasteiger partial charge is 0.381 e. The first-order chi connectivity index (χ1) is 11.5. The molecule has 2 aromatic rings. The van der Waals surface area contributed by atoms with Crippen molar-refractivity contribution in [2.24, 2.45) is 0 Å². The summed E-state index contributed by atoms with van der Waals surface area (Å²) in [6.45, 7) is 3.83. The maximum atomic E-state index is 12.8. The van der Waals surface area contributed by atoms with E-state index in [2.05, 4.69) is 9.88 Å². The van der Waals surface area contributed by atoms with Crippen molar-refractivity contribution >= 4 is 17.4 Å². The lowest BCUT2D eigenvalue weighted by Crippen LogP contribution is -2.37. The molecule has 1 aromatic heterocycles. The van der Waals surface area contributed by atoms with Gasteiger partial charge in [0.2, 0.25) is 11.7 Å². The third-order valence-electron chi connectivity index (χ3n) is 4.19. The summed E-state index contributed by atoms with van der Waals surface area (Å²) in [6.07, 6.45) is 1.31. The van der Waals surface area contributed by atoms with Crippen LogP contribution in [0.5, 0.6) is 0 Å². The number of para-hydroxylation sites is 1. The Balaban J connectivity index is 1.86. The van der Waals surface area contributed by atoms with Gasteiger partial charge in [-0.05, 0) is 28.6 Å². The topological polar surface area (TPSA) is 84.5 Å². The number of anilines is 1. The van der Waals surface area contributed by atoms with Gasteiger partial charge in [-0.1, -0.05) is 18.2 Å². The number of hydrogen-bond donors (Lipinski definition) is 0.